The molecule has 2 aromatic rings. The van der Waals surface area contributed by atoms with Crippen LogP contribution in [-0.4, -0.2) is 46.3 Å². The molecule has 10 heteroatoms. The van der Waals surface area contributed by atoms with E-state index in [2.05, 4.69) is 20.2 Å². The molecule has 1 saturated heterocycles. The van der Waals surface area contributed by atoms with Crippen molar-refractivity contribution in [3.05, 3.63) is 40.7 Å². The average molecular weight is 326 g/mol. The van der Waals surface area contributed by atoms with Crippen molar-refractivity contribution in [3.63, 3.8) is 0 Å². The van der Waals surface area contributed by atoms with E-state index >= 15 is 0 Å². The number of likely N-dealkylation sites (N-methyl/N-ethyl adjacent to an activating group) is 1. The van der Waals surface area contributed by atoms with E-state index in [9.17, 15) is 18.0 Å². The molecule has 1 aliphatic heterocycles. The summed E-state index contributed by atoms with van der Waals surface area (Å²) >= 11 is 0. The van der Waals surface area contributed by atoms with Crippen molar-refractivity contribution in [3.8, 4) is 0 Å². The predicted molar refractivity (Wildman–Crippen MR) is 76.3 cm³/mol. The van der Waals surface area contributed by atoms with E-state index < -0.39 is 11.9 Å². The molecule has 0 bridgehead atoms. The van der Waals surface area contributed by atoms with E-state index in [1.54, 1.807) is 11.9 Å². The van der Waals surface area contributed by atoms with Crippen LogP contribution in [0.5, 0.6) is 0 Å². The first-order valence-electron chi connectivity index (χ1n) is 6.76. The minimum atomic E-state index is -4.50. The maximum atomic E-state index is 12.7. The molecule has 23 heavy (non-hydrogen) atoms. The van der Waals surface area contributed by atoms with Gasteiger partial charge in [0.25, 0.3) is 5.56 Å². The lowest BCUT2D eigenvalue weighted by atomic mass is 10.1. The van der Waals surface area contributed by atoms with E-state index in [0.29, 0.717) is 18.8 Å². The van der Waals surface area contributed by atoms with Gasteiger partial charge in [0.2, 0.25) is 0 Å². The number of hydrogen-bond acceptors (Lipinski definition) is 6. The zero-order chi connectivity index (χ0) is 16.6. The monoisotopic (exact) mass is 326 g/mol. The van der Waals surface area contributed by atoms with Crippen LogP contribution in [0.2, 0.25) is 0 Å². The van der Waals surface area contributed by atoms with Gasteiger partial charge in [-0.05, 0) is 0 Å². The molecule has 0 spiro atoms. The Morgan fingerprint density at radius 2 is 2.04 bits per heavy atom. The van der Waals surface area contributed by atoms with Crippen LogP contribution in [0.3, 0.4) is 0 Å². The Bertz CT molecular complexity index is 756. The molecule has 0 aliphatic carbocycles. The number of rotatable bonds is 3. The van der Waals surface area contributed by atoms with Crippen LogP contribution in [0.1, 0.15) is 5.69 Å². The quantitative estimate of drug-likeness (QED) is 0.903. The van der Waals surface area contributed by atoms with Crippen LogP contribution >= 0.6 is 0 Å². The number of anilines is 2. The summed E-state index contributed by atoms with van der Waals surface area (Å²) in [7, 11) is 1.68. The van der Waals surface area contributed by atoms with Gasteiger partial charge in [-0.2, -0.15) is 18.3 Å². The Morgan fingerprint density at radius 3 is 2.70 bits per heavy atom. The smallest absolute Gasteiger partial charge is 0.366 e. The molecule has 1 fully saturated rings. The van der Waals surface area contributed by atoms with Gasteiger partial charge >= 0.3 is 6.18 Å². The molecule has 0 atom stereocenters. The van der Waals surface area contributed by atoms with Crippen molar-refractivity contribution in [1.82, 2.24) is 20.2 Å². The molecule has 3 heterocycles. The van der Waals surface area contributed by atoms with Crippen molar-refractivity contribution in [2.24, 2.45) is 0 Å². The highest BCUT2D eigenvalue weighted by Crippen LogP contribution is 2.30. The van der Waals surface area contributed by atoms with E-state index in [1.165, 1.54) is 12.3 Å². The lowest BCUT2D eigenvalue weighted by Crippen LogP contribution is -2.59. The fraction of sp³-hybridized carbons (Fsp3) is 0.385. The Balaban J connectivity index is 1.69. The largest absolute Gasteiger partial charge is 0.433 e. The van der Waals surface area contributed by atoms with Gasteiger partial charge in [0.15, 0.2) is 0 Å². The molecule has 1 aliphatic rings. The summed E-state index contributed by atoms with van der Waals surface area (Å²) < 4.78 is 38.1. The summed E-state index contributed by atoms with van der Waals surface area (Å²) in [6.07, 6.45) is -2.06. The second-order valence-corrected chi connectivity index (χ2v) is 5.23. The summed E-state index contributed by atoms with van der Waals surface area (Å²) in [5, 5.41) is 6.00. The molecular formula is C13H13F3N6O. The highest BCUT2D eigenvalue weighted by molar-refractivity contribution is 5.50. The van der Waals surface area contributed by atoms with E-state index in [0.717, 1.165) is 12.4 Å². The lowest BCUT2D eigenvalue weighted by Gasteiger charge is -2.45. The summed E-state index contributed by atoms with van der Waals surface area (Å²) in [6.45, 7) is 1.12. The van der Waals surface area contributed by atoms with Crippen LogP contribution in [0.25, 0.3) is 0 Å². The Morgan fingerprint density at radius 1 is 1.30 bits per heavy atom. The minimum absolute atomic E-state index is 0.00901. The van der Waals surface area contributed by atoms with Gasteiger partial charge in [-0.1, -0.05) is 0 Å². The maximum Gasteiger partial charge on any atom is 0.433 e. The third kappa shape index (κ3) is 3.10. The molecule has 0 amide bonds. The standard InChI is InChI=1S/C13H13F3N6O/c1-21(11-3-10(13(14,15)16)17-7-18-11)9-5-22(6-9)8-2-12(23)20-19-4-8/h2-4,7,9H,5-6H2,1H3,(H,20,23). The number of halogens is 3. The summed E-state index contributed by atoms with van der Waals surface area (Å²) in [6, 6.07) is 2.35. The van der Waals surface area contributed by atoms with E-state index in [1.807, 2.05) is 4.90 Å². The number of H-pyrrole nitrogens is 1. The molecule has 3 rings (SSSR count). The van der Waals surface area contributed by atoms with Gasteiger partial charge in [0, 0.05) is 32.3 Å². The normalized spacial score (nSPS) is 15.4. The molecule has 0 saturated carbocycles. The van der Waals surface area contributed by atoms with Crippen LogP contribution in [0, 0.1) is 0 Å². The lowest BCUT2D eigenvalue weighted by molar-refractivity contribution is -0.141. The number of nitrogens with one attached hydrogen (secondary N) is 1. The minimum Gasteiger partial charge on any atom is -0.366 e. The van der Waals surface area contributed by atoms with Crippen LogP contribution in [0.15, 0.2) is 29.5 Å². The summed E-state index contributed by atoms with van der Waals surface area (Å²) in [5.41, 5.74) is -0.591. The Labute approximate surface area is 128 Å². The Kier molecular flexibility index (Phi) is 3.66. The number of aromatic nitrogens is 4. The summed E-state index contributed by atoms with van der Waals surface area (Å²) in [4.78, 5) is 22.0. The van der Waals surface area contributed by atoms with E-state index in [-0.39, 0.29) is 17.4 Å². The van der Waals surface area contributed by atoms with Crippen LogP contribution in [0.4, 0.5) is 24.7 Å². The van der Waals surface area contributed by atoms with Crippen molar-refractivity contribution >= 4 is 11.5 Å². The first kappa shape index (κ1) is 15.3. The number of alkyl halides is 3. The molecule has 0 radical (unpaired) electrons. The fourth-order valence-electron chi connectivity index (χ4n) is 2.33. The molecule has 2 aromatic heterocycles. The zero-order valence-corrected chi connectivity index (χ0v) is 12.1. The zero-order valence-electron chi connectivity index (χ0n) is 12.1. The molecular weight excluding hydrogens is 313 g/mol. The summed E-state index contributed by atoms with van der Waals surface area (Å²) in [5.74, 6) is 0.209. The third-order valence-electron chi connectivity index (χ3n) is 3.73. The second-order valence-electron chi connectivity index (χ2n) is 5.23. The number of hydrogen-bond donors (Lipinski definition) is 1. The van der Waals surface area contributed by atoms with Gasteiger partial charge in [0.1, 0.15) is 17.8 Å². The second kappa shape index (κ2) is 5.52. The van der Waals surface area contributed by atoms with Crippen molar-refractivity contribution in [2.45, 2.75) is 12.2 Å². The molecule has 0 unspecified atom stereocenters. The first-order valence-corrected chi connectivity index (χ1v) is 6.76. The van der Waals surface area contributed by atoms with Crippen molar-refractivity contribution in [2.75, 3.05) is 29.9 Å². The van der Waals surface area contributed by atoms with Gasteiger partial charge < -0.3 is 9.80 Å². The highest BCUT2D eigenvalue weighted by atomic mass is 19.4. The average Bonchev–Trinajstić information content (AvgIpc) is 2.45. The van der Waals surface area contributed by atoms with Gasteiger partial charge in [-0.15, -0.1) is 0 Å². The van der Waals surface area contributed by atoms with Crippen LogP contribution < -0.4 is 15.4 Å². The fourth-order valence-corrected chi connectivity index (χ4v) is 2.33. The van der Waals surface area contributed by atoms with Gasteiger partial charge in [0.05, 0.1) is 17.9 Å². The van der Waals surface area contributed by atoms with Crippen LogP contribution in [-0.2, 0) is 6.18 Å². The predicted octanol–water partition coefficient (Wildman–Crippen LogP) is 0.904. The number of nitrogens with zero attached hydrogens (tertiary/aromatic N) is 5. The highest BCUT2D eigenvalue weighted by Gasteiger charge is 2.35. The topological polar surface area (TPSA) is 78.0 Å². The van der Waals surface area contributed by atoms with Gasteiger partial charge in [-0.3, -0.25) is 4.79 Å². The molecule has 0 aromatic carbocycles. The molecule has 7 nitrogen and oxygen atoms in total. The maximum absolute atomic E-state index is 12.7. The SMILES string of the molecule is CN(c1cc(C(F)(F)F)ncn1)C1CN(c2cn[nH]c(=O)c2)C1. The molecule has 122 valence electrons. The van der Waals surface area contributed by atoms with Crippen molar-refractivity contribution in [1.29, 1.82) is 0 Å². The Hall–Kier alpha value is -2.65. The van der Waals surface area contributed by atoms with Gasteiger partial charge in [-0.25, -0.2) is 15.1 Å². The third-order valence-corrected chi connectivity index (χ3v) is 3.73. The van der Waals surface area contributed by atoms with E-state index in [4.69, 9.17) is 0 Å². The van der Waals surface area contributed by atoms with Crippen molar-refractivity contribution < 1.29 is 13.2 Å². The number of aromatic amines is 1. The first-order chi connectivity index (χ1) is 10.8. The molecule has 1 N–H and O–H groups in total.